The number of ether oxygens (including phenoxy) is 1. The van der Waals surface area contributed by atoms with Crippen LogP contribution in [-0.4, -0.2) is 35.9 Å². The van der Waals surface area contributed by atoms with Crippen LogP contribution in [0.15, 0.2) is 60.7 Å². The number of benzene rings is 2. The number of anilines is 2. The Labute approximate surface area is 171 Å². The molecule has 0 spiro atoms. The lowest BCUT2D eigenvalue weighted by molar-refractivity contribution is 0.0944. The van der Waals surface area contributed by atoms with Crippen LogP contribution in [0.1, 0.15) is 29.3 Å². The lowest BCUT2D eigenvalue weighted by Crippen LogP contribution is -2.25. The lowest BCUT2D eigenvalue weighted by Gasteiger charge is -2.08. The second-order valence-electron chi connectivity index (χ2n) is 6.68. The Hall–Kier alpha value is -3.25. The van der Waals surface area contributed by atoms with E-state index in [9.17, 15) is 4.79 Å². The SMILES string of the molecule is CCOCCCNC(=O)c1ccc(Nc2ccc(-c3ccc(C)cc3)nn2)cc1. The van der Waals surface area contributed by atoms with E-state index in [4.69, 9.17) is 4.74 Å². The molecule has 6 nitrogen and oxygen atoms in total. The Balaban J connectivity index is 1.54. The molecule has 0 atom stereocenters. The summed E-state index contributed by atoms with van der Waals surface area (Å²) in [5.41, 5.74) is 4.53. The molecule has 1 aromatic heterocycles. The van der Waals surface area contributed by atoms with Gasteiger partial charge >= 0.3 is 0 Å². The molecule has 0 fully saturated rings. The molecular formula is C23H26N4O2. The van der Waals surface area contributed by atoms with Crippen LogP contribution in [0.4, 0.5) is 11.5 Å². The monoisotopic (exact) mass is 390 g/mol. The molecule has 150 valence electrons. The molecule has 0 bridgehead atoms. The van der Waals surface area contributed by atoms with Crippen LogP contribution in [0.3, 0.4) is 0 Å². The second kappa shape index (κ2) is 10.3. The van der Waals surface area contributed by atoms with Crippen LogP contribution in [0, 0.1) is 6.92 Å². The summed E-state index contributed by atoms with van der Waals surface area (Å²) >= 11 is 0. The average molecular weight is 390 g/mol. The van der Waals surface area contributed by atoms with Gasteiger partial charge in [-0.3, -0.25) is 4.79 Å². The first-order valence-corrected chi connectivity index (χ1v) is 9.79. The summed E-state index contributed by atoms with van der Waals surface area (Å²) in [5.74, 6) is 0.560. The standard InChI is InChI=1S/C23H26N4O2/c1-3-29-16-4-15-24-23(28)19-9-11-20(12-10-19)25-22-14-13-21(26-27-22)18-7-5-17(2)6-8-18/h5-14H,3-4,15-16H2,1-2H3,(H,24,28)(H,25,27). The molecule has 0 radical (unpaired) electrons. The van der Waals surface area contributed by atoms with Gasteiger partial charge < -0.3 is 15.4 Å². The third-order valence-electron chi connectivity index (χ3n) is 4.39. The molecule has 0 aliphatic carbocycles. The summed E-state index contributed by atoms with van der Waals surface area (Å²) in [6, 6.07) is 19.3. The molecule has 2 N–H and O–H groups in total. The normalized spacial score (nSPS) is 10.6. The molecular weight excluding hydrogens is 364 g/mol. The van der Waals surface area contributed by atoms with Crippen molar-refractivity contribution < 1.29 is 9.53 Å². The Morgan fingerprint density at radius 2 is 1.72 bits per heavy atom. The number of hydrogen-bond donors (Lipinski definition) is 2. The van der Waals surface area contributed by atoms with E-state index in [-0.39, 0.29) is 5.91 Å². The van der Waals surface area contributed by atoms with Crippen LogP contribution in [0.2, 0.25) is 0 Å². The highest BCUT2D eigenvalue weighted by Crippen LogP contribution is 2.19. The van der Waals surface area contributed by atoms with Crippen molar-refractivity contribution >= 4 is 17.4 Å². The minimum Gasteiger partial charge on any atom is -0.382 e. The predicted molar refractivity (Wildman–Crippen MR) is 115 cm³/mol. The Morgan fingerprint density at radius 1 is 0.966 bits per heavy atom. The van der Waals surface area contributed by atoms with Crippen molar-refractivity contribution in [1.82, 2.24) is 15.5 Å². The van der Waals surface area contributed by atoms with E-state index in [2.05, 4.69) is 39.9 Å². The summed E-state index contributed by atoms with van der Waals surface area (Å²) in [7, 11) is 0. The van der Waals surface area contributed by atoms with Gasteiger partial charge in [-0.15, -0.1) is 10.2 Å². The van der Waals surface area contributed by atoms with E-state index in [0.29, 0.717) is 31.1 Å². The van der Waals surface area contributed by atoms with Crippen LogP contribution >= 0.6 is 0 Å². The predicted octanol–water partition coefficient (Wildman–Crippen LogP) is 4.35. The lowest BCUT2D eigenvalue weighted by atomic mass is 10.1. The van der Waals surface area contributed by atoms with E-state index in [1.807, 2.05) is 43.3 Å². The topological polar surface area (TPSA) is 76.1 Å². The molecule has 0 unspecified atom stereocenters. The van der Waals surface area contributed by atoms with E-state index in [1.165, 1.54) is 5.56 Å². The average Bonchev–Trinajstić information content (AvgIpc) is 2.75. The number of rotatable bonds is 9. The van der Waals surface area contributed by atoms with Crippen molar-refractivity contribution in [2.75, 3.05) is 25.1 Å². The van der Waals surface area contributed by atoms with Crippen molar-refractivity contribution in [3.63, 3.8) is 0 Å². The highest BCUT2D eigenvalue weighted by molar-refractivity contribution is 5.94. The van der Waals surface area contributed by atoms with Gasteiger partial charge in [-0.25, -0.2) is 0 Å². The fourth-order valence-corrected chi connectivity index (χ4v) is 2.75. The molecule has 3 aromatic rings. The number of carbonyl (C=O) groups is 1. The number of hydrogen-bond acceptors (Lipinski definition) is 5. The third-order valence-corrected chi connectivity index (χ3v) is 4.39. The zero-order valence-electron chi connectivity index (χ0n) is 16.8. The summed E-state index contributed by atoms with van der Waals surface area (Å²) in [6.07, 6.45) is 0.802. The smallest absolute Gasteiger partial charge is 0.251 e. The first-order chi connectivity index (χ1) is 14.2. The molecule has 6 heteroatoms. The zero-order valence-corrected chi connectivity index (χ0v) is 16.8. The van der Waals surface area contributed by atoms with E-state index >= 15 is 0 Å². The van der Waals surface area contributed by atoms with Crippen LogP contribution < -0.4 is 10.6 Å². The number of nitrogens with zero attached hydrogens (tertiary/aromatic N) is 2. The minimum atomic E-state index is -0.0877. The third kappa shape index (κ3) is 6.12. The van der Waals surface area contributed by atoms with Gasteiger partial charge in [0.2, 0.25) is 0 Å². The van der Waals surface area contributed by atoms with Crippen molar-refractivity contribution in [2.24, 2.45) is 0 Å². The van der Waals surface area contributed by atoms with Crippen molar-refractivity contribution in [1.29, 1.82) is 0 Å². The number of nitrogens with one attached hydrogen (secondary N) is 2. The molecule has 29 heavy (non-hydrogen) atoms. The van der Waals surface area contributed by atoms with Crippen molar-refractivity contribution in [3.05, 3.63) is 71.8 Å². The number of amides is 1. The van der Waals surface area contributed by atoms with Gasteiger partial charge in [0.05, 0.1) is 5.69 Å². The highest BCUT2D eigenvalue weighted by Gasteiger charge is 2.06. The van der Waals surface area contributed by atoms with Gasteiger partial charge in [-0.1, -0.05) is 29.8 Å². The maximum Gasteiger partial charge on any atom is 0.251 e. The van der Waals surface area contributed by atoms with Crippen LogP contribution in [0.5, 0.6) is 0 Å². The molecule has 0 saturated heterocycles. The molecule has 0 saturated carbocycles. The molecule has 1 amide bonds. The number of aryl methyl sites for hydroxylation is 1. The summed E-state index contributed by atoms with van der Waals surface area (Å²) in [6.45, 7) is 5.96. The number of carbonyl (C=O) groups excluding carboxylic acids is 1. The minimum absolute atomic E-state index is 0.0877. The van der Waals surface area contributed by atoms with Crippen LogP contribution in [0.25, 0.3) is 11.3 Å². The van der Waals surface area contributed by atoms with Crippen LogP contribution in [-0.2, 0) is 4.74 Å². The highest BCUT2D eigenvalue weighted by atomic mass is 16.5. The zero-order chi connectivity index (χ0) is 20.5. The van der Waals surface area contributed by atoms with Gasteiger partial charge in [-0.2, -0.15) is 0 Å². The van der Waals surface area contributed by atoms with Gasteiger partial charge in [-0.05, 0) is 56.7 Å². The van der Waals surface area contributed by atoms with Gasteiger partial charge in [0.1, 0.15) is 0 Å². The fourth-order valence-electron chi connectivity index (χ4n) is 2.75. The van der Waals surface area contributed by atoms with Crippen molar-refractivity contribution in [2.45, 2.75) is 20.3 Å². The molecule has 2 aromatic carbocycles. The first-order valence-electron chi connectivity index (χ1n) is 9.79. The molecule has 3 rings (SSSR count). The van der Waals surface area contributed by atoms with Gasteiger partial charge in [0, 0.05) is 36.6 Å². The Bertz CT molecular complexity index is 907. The Morgan fingerprint density at radius 3 is 2.38 bits per heavy atom. The number of aromatic nitrogens is 2. The largest absolute Gasteiger partial charge is 0.382 e. The first kappa shape index (κ1) is 20.5. The van der Waals surface area contributed by atoms with Crippen molar-refractivity contribution in [3.8, 4) is 11.3 Å². The maximum atomic E-state index is 12.1. The van der Waals surface area contributed by atoms with E-state index in [0.717, 1.165) is 23.4 Å². The summed E-state index contributed by atoms with van der Waals surface area (Å²) in [4.78, 5) is 12.1. The maximum absolute atomic E-state index is 12.1. The quantitative estimate of drug-likeness (QED) is 0.531. The van der Waals surface area contributed by atoms with E-state index in [1.54, 1.807) is 12.1 Å². The molecule has 1 heterocycles. The second-order valence-corrected chi connectivity index (χ2v) is 6.68. The fraction of sp³-hybridized carbons (Fsp3) is 0.261. The molecule has 0 aliphatic rings. The summed E-state index contributed by atoms with van der Waals surface area (Å²) < 4.78 is 5.26. The van der Waals surface area contributed by atoms with Gasteiger partial charge in [0.25, 0.3) is 5.91 Å². The summed E-state index contributed by atoms with van der Waals surface area (Å²) in [5, 5.41) is 14.6. The Kier molecular flexibility index (Phi) is 7.30. The van der Waals surface area contributed by atoms with Gasteiger partial charge in [0.15, 0.2) is 5.82 Å². The van der Waals surface area contributed by atoms with E-state index < -0.39 is 0 Å². The molecule has 0 aliphatic heterocycles.